The molecule has 0 aromatic heterocycles. The fraction of sp³-hybridized carbons (Fsp3) is 0.410. The van der Waals surface area contributed by atoms with Crippen LogP contribution in [-0.2, 0) is 44.3 Å². The Bertz CT molecular complexity index is 1480. The zero-order valence-corrected chi connectivity index (χ0v) is 27.8. The zero-order valence-electron chi connectivity index (χ0n) is 27.0. The Balaban J connectivity index is 1.30. The summed E-state index contributed by atoms with van der Waals surface area (Å²) in [6.07, 6.45) is 8.04. The summed E-state index contributed by atoms with van der Waals surface area (Å²) in [6, 6.07) is 27.4. The second-order valence-corrected chi connectivity index (χ2v) is 13.6. The number of fused-ring (bicyclic) bond motifs is 1. The third kappa shape index (κ3) is 10.3. The van der Waals surface area contributed by atoms with Crippen LogP contribution in [0.1, 0.15) is 54.4 Å². The van der Waals surface area contributed by atoms with E-state index in [9.17, 15) is 19.5 Å². The van der Waals surface area contributed by atoms with Crippen LogP contribution >= 0.6 is 11.8 Å². The molecule has 0 fully saturated rings. The molecule has 0 unspecified atom stereocenters. The number of aliphatic hydroxyl groups excluding tert-OH is 1. The van der Waals surface area contributed by atoms with Crippen LogP contribution in [0.25, 0.3) is 0 Å². The number of cyclic esters (lactones) is 1. The van der Waals surface area contributed by atoms with E-state index in [-0.39, 0.29) is 49.4 Å². The van der Waals surface area contributed by atoms with Gasteiger partial charge in [-0.15, -0.1) is 0 Å². The van der Waals surface area contributed by atoms with E-state index in [1.807, 2.05) is 78.9 Å². The number of carbonyl (C=O) groups excluding carboxylic acids is 3. The number of benzene rings is 3. The van der Waals surface area contributed by atoms with Gasteiger partial charge in [0.05, 0.1) is 30.5 Å². The van der Waals surface area contributed by atoms with Crippen molar-refractivity contribution in [2.45, 2.75) is 69.3 Å². The van der Waals surface area contributed by atoms with E-state index in [1.165, 1.54) is 5.56 Å². The molecule has 2 amide bonds. The summed E-state index contributed by atoms with van der Waals surface area (Å²) in [4.78, 5) is 42.8. The van der Waals surface area contributed by atoms with Gasteiger partial charge >= 0.3 is 5.97 Å². The summed E-state index contributed by atoms with van der Waals surface area (Å²) in [5.41, 5.74) is 4.50. The largest absolute Gasteiger partial charge is 0.463 e. The Morgan fingerprint density at radius 3 is 2.34 bits per heavy atom. The van der Waals surface area contributed by atoms with Crippen LogP contribution in [0, 0.1) is 11.8 Å². The number of allylic oxidation sites excluding steroid dienone is 2. The number of ether oxygens (including phenoxy) is 1. The SMILES string of the molecule is O=C1N[C@@H](CSCc2ccccc2)COC(=O)[C@@H](Cc2ccccc2)CCCC=CC[C@@H]1CC(=O)N1Cc2ccccc2C[C@H]1CO. The number of rotatable bonds is 9. The molecule has 2 heterocycles. The monoisotopic (exact) mass is 654 g/mol. The molecule has 4 atom stereocenters. The maximum absolute atomic E-state index is 13.9. The molecule has 8 heteroatoms. The number of amides is 2. The number of thioether (sulfide) groups is 1. The number of nitrogens with one attached hydrogen (secondary N) is 1. The fourth-order valence-electron chi connectivity index (χ4n) is 6.36. The molecular formula is C39H46N2O5S. The molecule has 0 saturated carbocycles. The van der Waals surface area contributed by atoms with Crippen LogP contribution in [0.3, 0.4) is 0 Å². The van der Waals surface area contributed by atoms with Gasteiger partial charge in [0.1, 0.15) is 6.61 Å². The van der Waals surface area contributed by atoms with Gasteiger partial charge in [-0.25, -0.2) is 0 Å². The molecule has 0 bridgehead atoms. The van der Waals surface area contributed by atoms with Gasteiger partial charge in [-0.05, 0) is 60.8 Å². The van der Waals surface area contributed by atoms with Gasteiger partial charge in [0, 0.05) is 24.5 Å². The van der Waals surface area contributed by atoms with Crippen molar-refractivity contribution in [3.05, 3.63) is 119 Å². The lowest BCUT2D eigenvalue weighted by molar-refractivity contribution is -0.150. The minimum Gasteiger partial charge on any atom is -0.463 e. The van der Waals surface area contributed by atoms with Crippen LogP contribution in [0.5, 0.6) is 0 Å². The molecule has 0 aliphatic carbocycles. The van der Waals surface area contributed by atoms with E-state index in [2.05, 4.69) is 23.5 Å². The maximum Gasteiger partial charge on any atom is 0.309 e. The molecule has 0 spiro atoms. The van der Waals surface area contributed by atoms with Crippen molar-refractivity contribution in [1.29, 1.82) is 0 Å². The van der Waals surface area contributed by atoms with E-state index < -0.39 is 12.0 Å². The smallest absolute Gasteiger partial charge is 0.309 e. The van der Waals surface area contributed by atoms with Gasteiger partial charge < -0.3 is 20.1 Å². The standard InChI is InChI=1S/C39H46N2O5S/c42-25-36-22-31-17-11-12-20-34(31)24-41(36)37(43)23-32-18-9-1-2-10-19-33(21-29-13-5-3-6-14-29)39(45)46-26-35(40-38(32)44)28-47-27-30-15-7-4-8-16-30/h1,3-9,11-17,20,32-33,35-36,42H,2,10,18-19,21-28H2,(H,40,44)/t32-,33-,35-,36+/m1/s1. The van der Waals surface area contributed by atoms with Gasteiger partial charge in [-0.1, -0.05) is 97.1 Å². The molecule has 2 N–H and O–H groups in total. The molecule has 2 aliphatic heterocycles. The van der Waals surface area contributed by atoms with E-state index in [0.29, 0.717) is 38.0 Å². The molecule has 5 rings (SSSR count). The number of carbonyl (C=O) groups is 3. The zero-order chi connectivity index (χ0) is 32.8. The summed E-state index contributed by atoms with van der Waals surface area (Å²) in [7, 11) is 0. The first-order chi connectivity index (χ1) is 23.0. The van der Waals surface area contributed by atoms with Crippen molar-refractivity contribution in [2.24, 2.45) is 11.8 Å². The first-order valence-corrected chi connectivity index (χ1v) is 17.9. The van der Waals surface area contributed by atoms with Crippen LogP contribution in [-0.4, -0.2) is 58.8 Å². The van der Waals surface area contributed by atoms with E-state index >= 15 is 0 Å². The van der Waals surface area contributed by atoms with Crippen molar-refractivity contribution in [1.82, 2.24) is 10.2 Å². The molecule has 248 valence electrons. The number of aliphatic hydroxyl groups is 1. The third-order valence-corrected chi connectivity index (χ3v) is 10.2. The fourth-order valence-corrected chi connectivity index (χ4v) is 7.37. The average Bonchev–Trinajstić information content (AvgIpc) is 3.10. The van der Waals surface area contributed by atoms with Gasteiger partial charge in [-0.2, -0.15) is 11.8 Å². The predicted molar refractivity (Wildman–Crippen MR) is 186 cm³/mol. The molecule has 47 heavy (non-hydrogen) atoms. The molecule has 3 aromatic carbocycles. The van der Waals surface area contributed by atoms with Crippen LogP contribution in [0.4, 0.5) is 0 Å². The Morgan fingerprint density at radius 1 is 0.894 bits per heavy atom. The van der Waals surface area contributed by atoms with Crippen LogP contribution in [0.2, 0.25) is 0 Å². The molecule has 0 saturated heterocycles. The van der Waals surface area contributed by atoms with Crippen LogP contribution < -0.4 is 5.32 Å². The first-order valence-electron chi connectivity index (χ1n) is 16.7. The highest BCUT2D eigenvalue weighted by Crippen LogP contribution is 2.26. The maximum atomic E-state index is 13.9. The first kappa shape index (κ1) is 34.5. The summed E-state index contributed by atoms with van der Waals surface area (Å²) in [5.74, 6) is -0.124. The normalized spacial score (nSPS) is 22.4. The van der Waals surface area contributed by atoms with Crippen molar-refractivity contribution in [3.63, 3.8) is 0 Å². The molecule has 0 radical (unpaired) electrons. The predicted octanol–water partition coefficient (Wildman–Crippen LogP) is 5.89. The van der Waals surface area contributed by atoms with E-state index in [0.717, 1.165) is 35.3 Å². The van der Waals surface area contributed by atoms with Gasteiger partial charge in [-0.3, -0.25) is 14.4 Å². The van der Waals surface area contributed by atoms with Gasteiger partial charge in [0.2, 0.25) is 11.8 Å². The van der Waals surface area contributed by atoms with Gasteiger partial charge in [0.25, 0.3) is 0 Å². The number of hydrogen-bond acceptors (Lipinski definition) is 6. The Hall–Kier alpha value is -3.88. The lowest BCUT2D eigenvalue weighted by Gasteiger charge is -2.36. The van der Waals surface area contributed by atoms with Crippen molar-refractivity contribution in [2.75, 3.05) is 19.0 Å². The highest BCUT2D eigenvalue weighted by atomic mass is 32.2. The Labute approximate surface area is 282 Å². The van der Waals surface area contributed by atoms with E-state index in [1.54, 1.807) is 16.7 Å². The Kier molecular flexibility index (Phi) is 13.1. The highest BCUT2D eigenvalue weighted by Gasteiger charge is 2.33. The summed E-state index contributed by atoms with van der Waals surface area (Å²) >= 11 is 1.68. The molecular weight excluding hydrogens is 609 g/mol. The quantitative estimate of drug-likeness (QED) is 0.221. The number of hydrogen-bond donors (Lipinski definition) is 2. The van der Waals surface area contributed by atoms with Crippen molar-refractivity contribution >= 4 is 29.5 Å². The van der Waals surface area contributed by atoms with Crippen molar-refractivity contribution in [3.8, 4) is 0 Å². The van der Waals surface area contributed by atoms with Crippen molar-refractivity contribution < 1.29 is 24.2 Å². The summed E-state index contributed by atoms with van der Waals surface area (Å²) < 4.78 is 5.92. The lowest BCUT2D eigenvalue weighted by atomic mass is 9.92. The third-order valence-electron chi connectivity index (χ3n) is 9.05. The highest BCUT2D eigenvalue weighted by molar-refractivity contribution is 7.98. The lowest BCUT2D eigenvalue weighted by Crippen LogP contribution is -2.48. The second kappa shape index (κ2) is 17.9. The number of esters is 1. The average molecular weight is 655 g/mol. The van der Waals surface area contributed by atoms with E-state index in [4.69, 9.17) is 4.74 Å². The molecule has 7 nitrogen and oxygen atoms in total. The minimum absolute atomic E-state index is 0.0393. The minimum atomic E-state index is -0.582. The van der Waals surface area contributed by atoms with Gasteiger partial charge in [0.15, 0.2) is 0 Å². The van der Waals surface area contributed by atoms with Crippen LogP contribution in [0.15, 0.2) is 97.1 Å². The summed E-state index contributed by atoms with van der Waals surface area (Å²) in [5, 5.41) is 13.3. The molecule has 3 aromatic rings. The second-order valence-electron chi connectivity index (χ2n) is 12.6. The summed E-state index contributed by atoms with van der Waals surface area (Å²) in [6.45, 7) is 0.362. The molecule has 2 aliphatic rings. The number of nitrogens with zero attached hydrogens (tertiary/aromatic N) is 1. The Morgan fingerprint density at radius 2 is 1.60 bits per heavy atom. The topological polar surface area (TPSA) is 95.9 Å².